The highest BCUT2D eigenvalue weighted by molar-refractivity contribution is 6.74. The first kappa shape index (κ1) is 18.7. The fraction of sp³-hybridized carbons (Fsp3) is 0.688. The first-order valence-electron chi connectivity index (χ1n) is 8.36. The van der Waals surface area contributed by atoms with E-state index in [1.807, 2.05) is 0 Å². The molecule has 0 spiro atoms. The van der Waals surface area contributed by atoms with Crippen molar-refractivity contribution in [1.29, 1.82) is 0 Å². The standard InChI is InChI=1S/C16H24ClFN4O2Si/c1-16(2,3)25(4,5)23-7-10-6-11(18)15(24-10)22-9-21-12-13(17)19-8-20-14(12)22/h8-11,15H,6-7H2,1-5H3/t10-,11+,15+/m0/s1. The first-order chi connectivity index (χ1) is 11.6. The maximum absolute atomic E-state index is 14.6. The average molecular weight is 387 g/mol. The zero-order chi connectivity index (χ0) is 18.4. The lowest BCUT2D eigenvalue weighted by atomic mass is 10.2. The molecule has 1 saturated heterocycles. The lowest BCUT2D eigenvalue weighted by molar-refractivity contribution is -0.0331. The number of hydrogen-bond acceptors (Lipinski definition) is 5. The highest BCUT2D eigenvalue weighted by Crippen LogP contribution is 2.38. The minimum atomic E-state index is -1.89. The molecule has 138 valence electrons. The van der Waals surface area contributed by atoms with Gasteiger partial charge in [-0.1, -0.05) is 32.4 Å². The monoisotopic (exact) mass is 386 g/mol. The molecule has 2 aromatic rings. The molecular formula is C16H24ClFN4O2Si. The van der Waals surface area contributed by atoms with Crippen molar-refractivity contribution in [1.82, 2.24) is 19.5 Å². The Morgan fingerprint density at radius 2 is 2.08 bits per heavy atom. The summed E-state index contributed by atoms with van der Waals surface area (Å²) in [5.74, 6) is 0. The van der Waals surface area contributed by atoms with Gasteiger partial charge in [-0.15, -0.1) is 0 Å². The smallest absolute Gasteiger partial charge is 0.192 e. The van der Waals surface area contributed by atoms with Gasteiger partial charge in [-0.05, 0) is 18.1 Å². The van der Waals surface area contributed by atoms with Gasteiger partial charge < -0.3 is 9.16 Å². The van der Waals surface area contributed by atoms with Gasteiger partial charge in [0.1, 0.15) is 18.0 Å². The second-order valence-corrected chi connectivity index (χ2v) is 13.1. The summed E-state index contributed by atoms with van der Waals surface area (Å²) in [4.78, 5) is 12.2. The number of nitrogens with zero attached hydrogens (tertiary/aromatic N) is 4. The van der Waals surface area contributed by atoms with E-state index in [2.05, 4.69) is 48.8 Å². The number of rotatable bonds is 4. The fourth-order valence-electron chi connectivity index (χ4n) is 2.58. The summed E-state index contributed by atoms with van der Waals surface area (Å²) in [6.45, 7) is 11.3. The number of alkyl halides is 1. The van der Waals surface area contributed by atoms with Gasteiger partial charge in [0.15, 0.2) is 25.3 Å². The van der Waals surface area contributed by atoms with Crippen molar-refractivity contribution in [3.63, 3.8) is 0 Å². The molecule has 0 N–H and O–H groups in total. The number of aromatic nitrogens is 4. The lowest BCUT2D eigenvalue weighted by Gasteiger charge is -2.36. The van der Waals surface area contributed by atoms with E-state index in [1.165, 1.54) is 12.7 Å². The van der Waals surface area contributed by atoms with Crippen LogP contribution in [0.15, 0.2) is 12.7 Å². The molecule has 1 aliphatic heterocycles. The summed E-state index contributed by atoms with van der Waals surface area (Å²) < 4.78 is 28.3. The van der Waals surface area contributed by atoms with Gasteiger partial charge in [-0.2, -0.15) is 0 Å². The molecule has 6 nitrogen and oxygen atoms in total. The van der Waals surface area contributed by atoms with Crippen LogP contribution in [0, 0.1) is 0 Å². The topological polar surface area (TPSA) is 62.1 Å². The van der Waals surface area contributed by atoms with Crippen LogP contribution in [0.2, 0.25) is 23.3 Å². The van der Waals surface area contributed by atoms with Crippen LogP contribution in [0.5, 0.6) is 0 Å². The van der Waals surface area contributed by atoms with Crippen LogP contribution >= 0.6 is 11.6 Å². The fourth-order valence-corrected chi connectivity index (χ4v) is 3.79. The molecule has 3 atom stereocenters. The van der Waals surface area contributed by atoms with Gasteiger partial charge in [0.25, 0.3) is 0 Å². The summed E-state index contributed by atoms with van der Waals surface area (Å²) in [5, 5.41) is 0.351. The molecule has 1 fully saturated rings. The Hall–Kier alpha value is -1.09. The molecule has 0 aliphatic carbocycles. The first-order valence-corrected chi connectivity index (χ1v) is 11.7. The van der Waals surface area contributed by atoms with E-state index in [4.69, 9.17) is 20.8 Å². The molecular weight excluding hydrogens is 363 g/mol. The van der Waals surface area contributed by atoms with Gasteiger partial charge >= 0.3 is 0 Å². The van der Waals surface area contributed by atoms with Crippen molar-refractivity contribution in [3.05, 3.63) is 17.8 Å². The Balaban J connectivity index is 1.72. The number of hydrogen-bond donors (Lipinski definition) is 0. The Morgan fingerprint density at radius 3 is 2.76 bits per heavy atom. The van der Waals surface area contributed by atoms with Crippen molar-refractivity contribution >= 4 is 31.1 Å². The zero-order valence-corrected chi connectivity index (χ0v) is 16.9. The van der Waals surface area contributed by atoms with Crippen LogP contribution in [0.3, 0.4) is 0 Å². The molecule has 3 rings (SSSR count). The van der Waals surface area contributed by atoms with E-state index in [0.717, 1.165) is 0 Å². The molecule has 0 amide bonds. The number of halogens is 2. The zero-order valence-electron chi connectivity index (χ0n) is 15.2. The molecule has 1 aliphatic rings. The second-order valence-electron chi connectivity index (χ2n) is 7.96. The van der Waals surface area contributed by atoms with Gasteiger partial charge in [0.2, 0.25) is 0 Å². The minimum absolute atomic E-state index is 0.105. The predicted octanol–water partition coefficient (Wildman–Crippen LogP) is 4.13. The third kappa shape index (κ3) is 3.58. The quantitative estimate of drug-likeness (QED) is 0.584. The van der Waals surface area contributed by atoms with Crippen molar-refractivity contribution in [2.75, 3.05) is 6.61 Å². The van der Waals surface area contributed by atoms with E-state index in [1.54, 1.807) is 4.57 Å². The van der Waals surface area contributed by atoms with Crippen LogP contribution in [0.4, 0.5) is 4.39 Å². The van der Waals surface area contributed by atoms with Crippen molar-refractivity contribution in [3.8, 4) is 0 Å². The molecule has 0 unspecified atom stereocenters. The maximum atomic E-state index is 14.6. The van der Waals surface area contributed by atoms with Crippen LogP contribution in [-0.2, 0) is 9.16 Å². The van der Waals surface area contributed by atoms with Crippen molar-refractivity contribution in [2.45, 2.75) is 63.8 Å². The van der Waals surface area contributed by atoms with Crippen molar-refractivity contribution in [2.24, 2.45) is 0 Å². The number of imidazole rings is 1. The van der Waals surface area contributed by atoms with Gasteiger partial charge in [0, 0.05) is 6.42 Å². The normalized spacial score (nSPS) is 25.0. The minimum Gasteiger partial charge on any atom is -0.414 e. The summed E-state index contributed by atoms with van der Waals surface area (Å²) in [6.07, 6.45) is 0.910. The lowest BCUT2D eigenvalue weighted by Crippen LogP contribution is -2.42. The molecule has 0 bridgehead atoms. The Bertz CT molecular complexity index is 764. The molecule has 9 heteroatoms. The summed E-state index contributed by atoms with van der Waals surface area (Å²) >= 11 is 6.01. The van der Waals surface area contributed by atoms with E-state index in [0.29, 0.717) is 17.8 Å². The predicted molar refractivity (Wildman–Crippen MR) is 96.9 cm³/mol. The third-order valence-corrected chi connectivity index (χ3v) is 9.93. The highest BCUT2D eigenvalue weighted by Gasteiger charge is 2.41. The SMILES string of the molecule is CC(C)(C)[Si](C)(C)OC[C@@H]1C[C@@H](F)[C@H](n2cnc3c(Cl)ncnc32)O1. The highest BCUT2D eigenvalue weighted by atomic mass is 35.5. The Morgan fingerprint density at radius 1 is 1.36 bits per heavy atom. The summed E-state index contributed by atoms with van der Waals surface area (Å²) in [7, 11) is -1.89. The van der Waals surface area contributed by atoms with Gasteiger partial charge in [-0.25, -0.2) is 19.3 Å². The van der Waals surface area contributed by atoms with Gasteiger partial charge in [-0.3, -0.25) is 4.57 Å². The largest absolute Gasteiger partial charge is 0.414 e. The van der Waals surface area contributed by atoms with E-state index >= 15 is 0 Å². The molecule has 3 heterocycles. The molecule has 25 heavy (non-hydrogen) atoms. The Labute approximate surface area is 152 Å². The molecule has 0 aromatic carbocycles. The van der Waals surface area contributed by atoms with Crippen LogP contribution in [0.1, 0.15) is 33.4 Å². The molecule has 0 saturated carbocycles. The third-order valence-electron chi connectivity index (χ3n) is 5.15. The van der Waals surface area contributed by atoms with Crippen LogP contribution in [-0.4, -0.2) is 46.7 Å². The van der Waals surface area contributed by atoms with Gasteiger partial charge in [0.05, 0.1) is 19.0 Å². The van der Waals surface area contributed by atoms with E-state index in [9.17, 15) is 4.39 Å². The van der Waals surface area contributed by atoms with Crippen molar-refractivity contribution < 1.29 is 13.6 Å². The number of fused-ring (bicyclic) bond motifs is 1. The second kappa shape index (κ2) is 6.57. The summed E-state index contributed by atoms with van der Waals surface area (Å²) in [5.41, 5.74) is 0.916. The van der Waals surface area contributed by atoms with Crippen LogP contribution in [0.25, 0.3) is 11.2 Å². The average Bonchev–Trinajstić information content (AvgIpc) is 3.08. The van der Waals surface area contributed by atoms with E-state index in [-0.39, 0.29) is 22.7 Å². The summed E-state index contributed by atoms with van der Waals surface area (Å²) in [6, 6.07) is 0. The van der Waals surface area contributed by atoms with E-state index < -0.39 is 20.7 Å². The van der Waals surface area contributed by atoms with Crippen LogP contribution < -0.4 is 0 Å². The number of ether oxygens (including phenoxy) is 1. The molecule has 0 radical (unpaired) electrons. The maximum Gasteiger partial charge on any atom is 0.192 e. The Kier molecular flexibility index (Phi) is 4.91. The molecule has 2 aromatic heterocycles.